The number of likely N-dealkylation sites (N-methyl/N-ethyl adjacent to an activating group) is 1. The van der Waals surface area contributed by atoms with Gasteiger partial charge in [0.15, 0.2) is 0 Å². The number of nitrogens with one attached hydrogen (secondary N) is 1. The molecule has 1 aliphatic heterocycles. The van der Waals surface area contributed by atoms with E-state index >= 15 is 0 Å². The second kappa shape index (κ2) is 7.17. The summed E-state index contributed by atoms with van der Waals surface area (Å²) in [5.74, 6) is 0.818. The SMILES string of the molecule is CNC1(c2ccc(Oc3ccccc3)cc2)OC(=O)N(c2ccccc2)C1=O. The normalized spacial score (nSPS) is 18.8. The summed E-state index contributed by atoms with van der Waals surface area (Å²) in [5, 5.41) is 2.87. The molecule has 2 amide bonds. The van der Waals surface area contributed by atoms with E-state index in [1.807, 2.05) is 36.4 Å². The van der Waals surface area contributed by atoms with Crippen LogP contribution in [-0.2, 0) is 15.3 Å². The molecule has 140 valence electrons. The third-order valence-electron chi connectivity index (χ3n) is 4.53. The lowest BCUT2D eigenvalue weighted by Crippen LogP contribution is -2.48. The molecule has 1 fully saturated rings. The Labute approximate surface area is 162 Å². The summed E-state index contributed by atoms with van der Waals surface area (Å²) < 4.78 is 11.3. The second-order valence-electron chi connectivity index (χ2n) is 6.21. The molecule has 3 aromatic carbocycles. The van der Waals surface area contributed by atoms with Crippen molar-refractivity contribution in [1.82, 2.24) is 5.32 Å². The molecule has 0 aliphatic carbocycles. The number of cyclic esters (lactones) is 1. The summed E-state index contributed by atoms with van der Waals surface area (Å²) in [6.07, 6.45) is -0.727. The molecule has 0 radical (unpaired) electrons. The number of hydrogen-bond acceptors (Lipinski definition) is 5. The molecule has 4 rings (SSSR count). The van der Waals surface area contributed by atoms with E-state index in [9.17, 15) is 9.59 Å². The first-order valence-corrected chi connectivity index (χ1v) is 8.79. The number of anilines is 1. The molecule has 1 unspecified atom stereocenters. The highest BCUT2D eigenvalue weighted by molar-refractivity contribution is 6.20. The first-order chi connectivity index (χ1) is 13.6. The van der Waals surface area contributed by atoms with Crippen molar-refractivity contribution in [1.29, 1.82) is 0 Å². The van der Waals surface area contributed by atoms with Crippen molar-refractivity contribution in [2.45, 2.75) is 5.72 Å². The van der Waals surface area contributed by atoms with Crippen LogP contribution in [0.5, 0.6) is 11.5 Å². The minimum atomic E-state index is -1.59. The van der Waals surface area contributed by atoms with E-state index in [-0.39, 0.29) is 0 Å². The number of imide groups is 1. The first-order valence-electron chi connectivity index (χ1n) is 8.79. The highest BCUT2D eigenvalue weighted by atomic mass is 16.6. The van der Waals surface area contributed by atoms with E-state index in [4.69, 9.17) is 9.47 Å². The Balaban J connectivity index is 1.63. The highest BCUT2D eigenvalue weighted by Crippen LogP contribution is 2.36. The Morgan fingerprint density at radius 1 is 0.821 bits per heavy atom. The van der Waals surface area contributed by atoms with Crippen LogP contribution in [0.1, 0.15) is 5.56 Å². The van der Waals surface area contributed by atoms with Gasteiger partial charge in [-0.15, -0.1) is 0 Å². The average Bonchev–Trinajstić information content (AvgIpc) is 3.00. The van der Waals surface area contributed by atoms with Crippen molar-refractivity contribution < 1.29 is 19.1 Å². The van der Waals surface area contributed by atoms with Gasteiger partial charge < -0.3 is 9.47 Å². The van der Waals surface area contributed by atoms with Crippen molar-refractivity contribution >= 4 is 17.7 Å². The van der Waals surface area contributed by atoms with Crippen molar-refractivity contribution in [3.05, 3.63) is 90.5 Å². The second-order valence-corrected chi connectivity index (χ2v) is 6.21. The van der Waals surface area contributed by atoms with Crippen molar-refractivity contribution in [2.75, 3.05) is 11.9 Å². The van der Waals surface area contributed by atoms with Crippen molar-refractivity contribution in [2.24, 2.45) is 0 Å². The average molecular weight is 374 g/mol. The van der Waals surface area contributed by atoms with E-state index in [0.29, 0.717) is 22.7 Å². The lowest BCUT2D eigenvalue weighted by Gasteiger charge is -2.24. The van der Waals surface area contributed by atoms with Gasteiger partial charge in [0, 0.05) is 5.56 Å². The molecule has 0 spiro atoms. The third-order valence-corrected chi connectivity index (χ3v) is 4.53. The van der Waals surface area contributed by atoms with Gasteiger partial charge >= 0.3 is 12.0 Å². The number of ether oxygens (including phenoxy) is 2. The molecular formula is C22H18N2O4. The van der Waals surface area contributed by atoms with Crippen LogP contribution in [0.4, 0.5) is 10.5 Å². The molecule has 0 bridgehead atoms. The minimum absolute atomic E-state index is 0.457. The summed E-state index contributed by atoms with van der Waals surface area (Å²) in [7, 11) is 1.58. The molecular weight excluding hydrogens is 356 g/mol. The van der Waals surface area contributed by atoms with Crippen LogP contribution in [-0.4, -0.2) is 19.0 Å². The molecule has 6 nitrogen and oxygen atoms in total. The van der Waals surface area contributed by atoms with Crippen LogP contribution < -0.4 is 15.0 Å². The number of carbonyl (C=O) groups is 2. The van der Waals surface area contributed by atoms with Crippen LogP contribution in [0.15, 0.2) is 84.9 Å². The molecule has 1 heterocycles. The Kier molecular flexibility index (Phi) is 4.55. The number of amides is 2. The zero-order chi connectivity index (χ0) is 19.6. The van der Waals surface area contributed by atoms with Gasteiger partial charge in [0.25, 0.3) is 5.72 Å². The zero-order valence-corrected chi connectivity index (χ0v) is 15.2. The Bertz CT molecular complexity index is 990. The molecule has 1 N–H and O–H groups in total. The summed E-state index contributed by atoms with van der Waals surface area (Å²) in [5.41, 5.74) is -0.621. The summed E-state index contributed by atoms with van der Waals surface area (Å²) in [6.45, 7) is 0. The summed E-state index contributed by atoms with van der Waals surface area (Å²) >= 11 is 0. The van der Waals surface area contributed by atoms with Crippen LogP contribution in [0.2, 0.25) is 0 Å². The highest BCUT2D eigenvalue weighted by Gasteiger charge is 2.55. The van der Waals surface area contributed by atoms with E-state index in [0.717, 1.165) is 4.90 Å². The third kappa shape index (κ3) is 3.00. The fraction of sp³-hybridized carbons (Fsp3) is 0.0909. The molecule has 3 aromatic rings. The maximum absolute atomic E-state index is 13.1. The summed E-state index contributed by atoms with van der Waals surface area (Å²) in [6, 6.07) is 24.9. The molecule has 28 heavy (non-hydrogen) atoms. The van der Waals surface area contributed by atoms with Crippen LogP contribution in [0.3, 0.4) is 0 Å². The predicted molar refractivity (Wildman–Crippen MR) is 104 cm³/mol. The minimum Gasteiger partial charge on any atom is -0.457 e. The monoisotopic (exact) mass is 374 g/mol. The smallest absolute Gasteiger partial charge is 0.423 e. The largest absolute Gasteiger partial charge is 0.457 e. The number of carbonyl (C=O) groups excluding carboxylic acids is 2. The van der Waals surface area contributed by atoms with Crippen molar-refractivity contribution in [3.63, 3.8) is 0 Å². The molecule has 1 saturated heterocycles. The Morgan fingerprint density at radius 3 is 2.00 bits per heavy atom. The van der Waals surface area contributed by atoms with Gasteiger partial charge in [0.05, 0.1) is 5.69 Å². The number of nitrogens with zero attached hydrogens (tertiary/aromatic N) is 1. The van der Waals surface area contributed by atoms with Gasteiger partial charge in [-0.05, 0) is 55.6 Å². The van der Waals surface area contributed by atoms with Gasteiger partial charge in [-0.1, -0.05) is 36.4 Å². The quantitative estimate of drug-likeness (QED) is 0.730. The van der Waals surface area contributed by atoms with Crippen LogP contribution >= 0.6 is 0 Å². The fourth-order valence-electron chi connectivity index (χ4n) is 3.13. The maximum Gasteiger partial charge on any atom is 0.423 e. The van der Waals surface area contributed by atoms with Crippen molar-refractivity contribution in [3.8, 4) is 11.5 Å². The van der Waals surface area contributed by atoms with Crippen LogP contribution in [0, 0.1) is 0 Å². The van der Waals surface area contributed by atoms with Crippen LogP contribution in [0.25, 0.3) is 0 Å². The predicted octanol–water partition coefficient (Wildman–Crippen LogP) is 4.03. The molecule has 0 saturated carbocycles. The van der Waals surface area contributed by atoms with E-state index < -0.39 is 17.7 Å². The fourth-order valence-corrected chi connectivity index (χ4v) is 3.13. The lowest BCUT2D eigenvalue weighted by atomic mass is 10.0. The molecule has 0 aromatic heterocycles. The summed E-state index contributed by atoms with van der Waals surface area (Å²) in [4.78, 5) is 26.6. The Hall–Kier alpha value is -3.64. The van der Waals surface area contributed by atoms with Gasteiger partial charge in [-0.25, -0.2) is 9.69 Å². The number of para-hydroxylation sites is 2. The standard InChI is InChI=1S/C22H18N2O4/c1-23-22(20(25)24(21(26)28-22)17-8-4-2-5-9-17)16-12-14-19(15-13-16)27-18-10-6-3-7-11-18/h2-15,23H,1H3. The van der Waals surface area contributed by atoms with Gasteiger partial charge in [0.1, 0.15) is 11.5 Å². The van der Waals surface area contributed by atoms with E-state index in [1.54, 1.807) is 55.6 Å². The van der Waals surface area contributed by atoms with Gasteiger partial charge in [-0.2, -0.15) is 0 Å². The molecule has 1 atom stereocenters. The molecule has 1 aliphatic rings. The zero-order valence-electron chi connectivity index (χ0n) is 15.2. The molecule has 6 heteroatoms. The lowest BCUT2D eigenvalue weighted by molar-refractivity contribution is -0.133. The number of benzene rings is 3. The van der Waals surface area contributed by atoms with Gasteiger partial charge in [0.2, 0.25) is 0 Å². The topological polar surface area (TPSA) is 67.9 Å². The maximum atomic E-state index is 13.1. The van der Waals surface area contributed by atoms with E-state index in [2.05, 4.69) is 5.32 Å². The van der Waals surface area contributed by atoms with E-state index in [1.165, 1.54) is 0 Å². The van der Waals surface area contributed by atoms with Gasteiger partial charge in [-0.3, -0.25) is 10.1 Å². The number of hydrogen-bond donors (Lipinski definition) is 1. The Morgan fingerprint density at radius 2 is 1.39 bits per heavy atom. The number of rotatable bonds is 5. The first kappa shape index (κ1) is 17.8.